The van der Waals surface area contributed by atoms with Crippen LogP contribution in [0.1, 0.15) is 0 Å². The van der Waals surface area contributed by atoms with E-state index < -0.39 is 0 Å². The van der Waals surface area contributed by atoms with E-state index in [0.717, 1.165) is 0 Å². The van der Waals surface area contributed by atoms with Crippen molar-refractivity contribution in [3.8, 4) is 5.69 Å². The van der Waals surface area contributed by atoms with Crippen LogP contribution in [0.2, 0.25) is 0 Å². The lowest BCUT2D eigenvalue weighted by Gasteiger charge is -2.03. The van der Waals surface area contributed by atoms with Crippen LogP contribution in [0.3, 0.4) is 0 Å². The molecule has 0 aliphatic rings. The Balaban J connectivity index is 2.53. The maximum absolute atomic E-state index is 12.7. The number of rotatable bonds is 1. The summed E-state index contributed by atoms with van der Waals surface area (Å²) in [6, 6.07) is 4.13. The van der Waals surface area contributed by atoms with E-state index >= 15 is 0 Å². The van der Waals surface area contributed by atoms with Gasteiger partial charge in [0, 0.05) is 0 Å². The summed E-state index contributed by atoms with van der Waals surface area (Å²) in [5.41, 5.74) is 6.55. The molecule has 0 unspecified atom stereocenters. The Bertz CT molecular complexity index is 410. The van der Waals surface area contributed by atoms with Crippen LogP contribution >= 0.6 is 0 Å². The van der Waals surface area contributed by atoms with E-state index in [1.807, 2.05) is 0 Å². The fourth-order valence-corrected chi connectivity index (χ4v) is 1.07. The second-order valence-corrected chi connectivity index (χ2v) is 2.54. The third kappa shape index (κ3) is 1.35. The molecule has 2 N–H and O–H groups in total. The quantitative estimate of drug-likeness (QED) is 0.662. The molecule has 2 rings (SSSR count). The average molecular weight is 178 g/mol. The Morgan fingerprint density at radius 1 is 1.38 bits per heavy atom. The van der Waals surface area contributed by atoms with Crippen LogP contribution in [0.4, 0.5) is 10.1 Å². The topological polar surface area (TPSA) is 56.7 Å². The summed E-state index contributed by atoms with van der Waals surface area (Å²) in [5.74, 6) is -0.360. The Kier molecular flexibility index (Phi) is 1.70. The van der Waals surface area contributed by atoms with Gasteiger partial charge in [-0.1, -0.05) is 0 Å². The molecule has 0 aliphatic carbocycles. The highest BCUT2D eigenvalue weighted by atomic mass is 19.1. The zero-order valence-corrected chi connectivity index (χ0v) is 6.68. The Morgan fingerprint density at radius 3 is 2.85 bits per heavy atom. The standard InChI is InChI=1S/C8H7FN4/c9-6-1-2-8(7(10)3-6)13-5-11-4-12-13/h1-5H,10H2. The lowest BCUT2D eigenvalue weighted by Crippen LogP contribution is -2.00. The summed E-state index contributed by atoms with van der Waals surface area (Å²) >= 11 is 0. The van der Waals surface area contributed by atoms with E-state index in [-0.39, 0.29) is 5.82 Å². The molecule has 1 heterocycles. The van der Waals surface area contributed by atoms with Gasteiger partial charge in [0.2, 0.25) is 0 Å². The number of benzene rings is 1. The van der Waals surface area contributed by atoms with Crippen molar-refractivity contribution < 1.29 is 4.39 Å². The third-order valence-electron chi connectivity index (χ3n) is 1.66. The smallest absolute Gasteiger partial charge is 0.138 e. The van der Waals surface area contributed by atoms with Crippen LogP contribution in [0.15, 0.2) is 30.9 Å². The van der Waals surface area contributed by atoms with Crippen molar-refractivity contribution in [2.45, 2.75) is 0 Å². The number of anilines is 1. The van der Waals surface area contributed by atoms with Crippen molar-refractivity contribution in [3.05, 3.63) is 36.7 Å². The lowest BCUT2D eigenvalue weighted by molar-refractivity contribution is 0.627. The first kappa shape index (κ1) is 7.72. The van der Waals surface area contributed by atoms with Crippen molar-refractivity contribution in [1.82, 2.24) is 14.8 Å². The zero-order chi connectivity index (χ0) is 9.26. The third-order valence-corrected chi connectivity index (χ3v) is 1.66. The fourth-order valence-electron chi connectivity index (χ4n) is 1.07. The van der Waals surface area contributed by atoms with E-state index in [0.29, 0.717) is 11.4 Å². The van der Waals surface area contributed by atoms with Crippen LogP contribution in [-0.2, 0) is 0 Å². The van der Waals surface area contributed by atoms with Gasteiger partial charge in [0.05, 0.1) is 11.4 Å². The van der Waals surface area contributed by atoms with E-state index in [2.05, 4.69) is 10.1 Å². The van der Waals surface area contributed by atoms with Gasteiger partial charge in [-0.05, 0) is 18.2 Å². The van der Waals surface area contributed by atoms with Gasteiger partial charge < -0.3 is 5.73 Å². The van der Waals surface area contributed by atoms with E-state index in [1.165, 1.54) is 29.5 Å². The van der Waals surface area contributed by atoms with Crippen LogP contribution in [-0.4, -0.2) is 14.8 Å². The summed E-state index contributed by atoms with van der Waals surface area (Å²) in [4.78, 5) is 3.76. The molecule has 66 valence electrons. The molecular weight excluding hydrogens is 171 g/mol. The first-order chi connectivity index (χ1) is 6.27. The molecule has 1 aromatic carbocycles. The van der Waals surface area contributed by atoms with Gasteiger partial charge in [0.1, 0.15) is 18.5 Å². The number of hydrogen-bond donors (Lipinski definition) is 1. The van der Waals surface area contributed by atoms with Gasteiger partial charge in [-0.2, -0.15) is 5.10 Å². The second-order valence-electron chi connectivity index (χ2n) is 2.54. The predicted octanol–water partition coefficient (Wildman–Crippen LogP) is 0.989. The number of hydrogen-bond acceptors (Lipinski definition) is 3. The number of halogens is 1. The highest BCUT2D eigenvalue weighted by molar-refractivity contribution is 5.56. The second kappa shape index (κ2) is 2.85. The summed E-state index contributed by atoms with van der Waals surface area (Å²) < 4.78 is 14.1. The molecule has 0 amide bonds. The molecule has 1 aromatic heterocycles. The SMILES string of the molecule is Nc1cc(F)ccc1-n1cncn1. The zero-order valence-electron chi connectivity index (χ0n) is 6.68. The molecule has 0 aliphatic heterocycles. The van der Waals surface area contributed by atoms with Gasteiger partial charge in [-0.25, -0.2) is 14.1 Å². The number of nitrogens with two attached hydrogens (primary N) is 1. The number of aromatic nitrogens is 3. The first-order valence-electron chi connectivity index (χ1n) is 3.67. The molecule has 0 fully saturated rings. The molecule has 2 aromatic rings. The molecule has 13 heavy (non-hydrogen) atoms. The minimum absolute atomic E-state index is 0.338. The minimum Gasteiger partial charge on any atom is -0.397 e. The summed E-state index contributed by atoms with van der Waals surface area (Å²) in [6.45, 7) is 0. The largest absolute Gasteiger partial charge is 0.397 e. The van der Waals surface area contributed by atoms with Crippen LogP contribution in [0, 0.1) is 5.82 Å². The molecule has 0 spiro atoms. The molecule has 0 bridgehead atoms. The fraction of sp³-hybridized carbons (Fsp3) is 0. The summed E-state index contributed by atoms with van der Waals surface area (Å²) in [7, 11) is 0. The highest BCUT2D eigenvalue weighted by Gasteiger charge is 2.02. The van der Waals surface area contributed by atoms with Crippen molar-refractivity contribution in [3.63, 3.8) is 0 Å². The Labute approximate surface area is 73.8 Å². The van der Waals surface area contributed by atoms with Crippen molar-refractivity contribution in [1.29, 1.82) is 0 Å². The molecule has 0 radical (unpaired) electrons. The molecule has 5 heteroatoms. The molecule has 4 nitrogen and oxygen atoms in total. The van der Waals surface area contributed by atoms with Gasteiger partial charge in [-0.3, -0.25) is 0 Å². The van der Waals surface area contributed by atoms with Crippen molar-refractivity contribution in [2.24, 2.45) is 0 Å². The molecular formula is C8H7FN4. The van der Waals surface area contributed by atoms with Gasteiger partial charge in [0.25, 0.3) is 0 Å². The lowest BCUT2D eigenvalue weighted by atomic mass is 10.2. The molecule has 0 atom stereocenters. The number of nitrogen functional groups attached to an aromatic ring is 1. The van der Waals surface area contributed by atoms with E-state index in [9.17, 15) is 4.39 Å². The Morgan fingerprint density at radius 2 is 2.23 bits per heavy atom. The monoisotopic (exact) mass is 178 g/mol. The summed E-state index contributed by atoms with van der Waals surface area (Å²) in [5, 5.41) is 3.88. The average Bonchev–Trinajstić information content (AvgIpc) is 2.56. The molecule has 0 saturated carbocycles. The van der Waals surface area contributed by atoms with E-state index in [4.69, 9.17) is 5.73 Å². The normalized spacial score (nSPS) is 10.2. The maximum atomic E-state index is 12.7. The predicted molar refractivity (Wildman–Crippen MR) is 45.7 cm³/mol. The van der Waals surface area contributed by atoms with Crippen LogP contribution in [0.5, 0.6) is 0 Å². The molecule has 0 saturated heterocycles. The minimum atomic E-state index is -0.360. The number of nitrogens with zero attached hydrogens (tertiary/aromatic N) is 3. The maximum Gasteiger partial charge on any atom is 0.138 e. The van der Waals surface area contributed by atoms with Crippen LogP contribution < -0.4 is 5.73 Å². The van der Waals surface area contributed by atoms with Crippen molar-refractivity contribution in [2.75, 3.05) is 5.73 Å². The van der Waals surface area contributed by atoms with Crippen molar-refractivity contribution >= 4 is 5.69 Å². The van der Waals surface area contributed by atoms with E-state index in [1.54, 1.807) is 6.07 Å². The first-order valence-corrected chi connectivity index (χ1v) is 3.67. The Hall–Kier alpha value is -1.91. The van der Waals surface area contributed by atoms with Gasteiger partial charge >= 0.3 is 0 Å². The van der Waals surface area contributed by atoms with Gasteiger partial charge in [-0.15, -0.1) is 0 Å². The summed E-state index contributed by atoms with van der Waals surface area (Å²) in [6.07, 6.45) is 2.90. The van der Waals surface area contributed by atoms with Gasteiger partial charge in [0.15, 0.2) is 0 Å². The highest BCUT2D eigenvalue weighted by Crippen LogP contribution is 2.16. The van der Waals surface area contributed by atoms with Crippen LogP contribution in [0.25, 0.3) is 5.69 Å².